The standard InChI is InChI=1S/C15H29N3O2/c1-4-17(5-2)14(19)12-16(3)13-15(20)18-10-8-6-7-9-11-18/h4-13H2,1-3H3. The van der Waals surface area contributed by atoms with E-state index in [4.69, 9.17) is 0 Å². The van der Waals surface area contributed by atoms with Gasteiger partial charge >= 0.3 is 0 Å². The Bertz CT molecular complexity index is 308. The molecule has 0 unspecified atom stereocenters. The minimum absolute atomic E-state index is 0.0983. The van der Waals surface area contributed by atoms with Crippen LogP contribution in [0.4, 0.5) is 0 Å². The van der Waals surface area contributed by atoms with Gasteiger partial charge in [0.05, 0.1) is 13.1 Å². The van der Waals surface area contributed by atoms with E-state index in [1.165, 1.54) is 12.8 Å². The van der Waals surface area contributed by atoms with Crippen molar-refractivity contribution in [1.29, 1.82) is 0 Å². The van der Waals surface area contributed by atoms with Crippen molar-refractivity contribution in [2.24, 2.45) is 0 Å². The predicted octanol–water partition coefficient (Wildman–Crippen LogP) is 1.19. The Hall–Kier alpha value is -1.10. The lowest BCUT2D eigenvalue weighted by Gasteiger charge is -2.26. The summed E-state index contributed by atoms with van der Waals surface area (Å²) in [5, 5.41) is 0. The largest absolute Gasteiger partial charge is 0.342 e. The molecule has 1 fully saturated rings. The molecule has 5 nitrogen and oxygen atoms in total. The van der Waals surface area contributed by atoms with E-state index < -0.39 is 0 Å². The van der Waals surface area contributed by atoms with E-state index in [1.807, 2.05) is 30.7 Å². The van der Waals surface area contributed by atoms with Gasteiger partial charge in [0.25, 0.3) is 0 Å². The third-order valence-corrected chi connectivity index (χ3v) is 3.89. The highest BCUT2D eigenvalue weighted by atomic mass is 16.2. The van der Waals surface area contributed by atoms with Crippen molar-refractivity contribution in [1.82, 2.24) is 14.7 Å². The molecule has 0 aromatic rings. The maximum Gasteiger partial charge on any atom is 0.236 e. The van der Waals surface area contributed by atoms with Crippen molar-refractivity contribution in [3.63, 3.8) is 0 Å². The second kappa shape index (κ2) is 8.95. The van der Waals surface area contributed by atoms with Crippen molar-refractivity contribution >= 4 is 11.8 Å². The molecule has 1 heterocycles. The Morgan fingerprint density at radius 3 is 2.00 bits per heavy atom. The summed E-state index contributed by atoms with van der Waals surface area (Å²) in [7, 11) is 1.84. The zero-order valence-corrected chi connectivity index (χ0v) is 13.2. The highest BCUT2D eigenvalue weighted by molar-refractivity contribution is 5.81. The van der Waals surface area contributed by atoms with Gasteiger partial charge in [0.1, 0.15) is 0 Å². The monoisotopic (exact) mass is 283 g/mol. The van der Waals surface area contributed by atoms with E-state index in [0.717, 1.165) is 39.0 Å². The second-order valence-electron chi connectivity index (χ2n) is 5.53. The summed E-state index contributed by atoms with van der Waals surface area (Å²) in [6.07, 6.45) is 4.65. The van der Waals surface area contributed by atoms with Gasteiger partial charge < -0.3 is 9.80 Å². The highest BCUT2D eigenvalue weighted by Crippen LogP contribution is 2.09. The molecule has 5 heteroatoms. The van der Waals surface area contributed by atoms with Gasteiger partial charge in [-0.15, -0.1) is 0 Å². The molecule has 0 aromatic heterocycles. The van der Waals surface area contributed by atoms with Gasteiger partial charge in [0.15, 0.2) is 0 Å². The van der Waals surface area contributed by atoms with Gasteiger partial charge in [-0.1, -0.05) is 12.8 Å². The maximum absolute atomic E-state index is 12.2. The van der Waals surface area contributed by atoms with Gasteiger partial charge in [-0.2, -0.15) is 0 Å². The number of hydrogen-bond donors (Lipinski definition) is 0. The lowest BCUT2D eigenvalue weighted by Crippen LogP contribution is -2.44. The van der Waals surface area contributed by atoms with E-state index >= 15 is 0 Å². The topological polar surface area (TPSA) is 43.9 Å². The van der Waals surface area contributed by atoms with E-state index in [2.05, 4.69) is 0 Å². The Kier molecular flexibility index (Phi) is 7.59. The molecule has 116 valence electrons. The molecule has 1 saturated heterocycles. The molecule has 0 saturated carbocycles. The van der Waals surface area contributed by atoms with Crippen molar-refractivity contribution in [3.8, 4) is 0 Å². The molecule has 0 aromatic carbocycles. The van der Waals surface area contributed by atoms with Crippen LogP contribution < -0.4 is 0 Å². The van der Waals surface area contributed by atoms with Crippen LogP contribution in [0.3, 0.4) is 0 Å². The average Bonchev–Trinajstić information content (AvgIpc) is 2.68. The van der Waals surface area contributed by atoms with Crippen molar-refractivity contribution in [2.75, 3.05) is 46.3 Å². The summed E-state index contributed by atoms with van der Waals surface area (Å²) in [4.78, 5) is 29.8. The molecule has 0 N–H and O–H groups in total. The van der Waals surface area contributed by atoms with Crippen LogP contribution >= 0.6 is 0 Å². The average molecular weight is 283 g/mol. The molecule has 1 rings (SSSR count). The van der Waals surface area contributed by atoms with Crippen LogP contribution in [-0.2, 0) is 9.59 Å². The van der Waals surface area contributed by atoms with Gasteiger partial charge in [-0.05, 0) is 33.7 Å². The number of carbonyl (C=O) groups is 2. The fourth-order valence-electron chi connectivity index (χ4n) is 2.61. The van der Waals surface area contributed by atoms with Crippen LogP contribution in [0.1, 0.15) is 39.5 Å². The first kappa shape index (κ1) is 17.0. The maximum atomic E-state index is 12.2. The van der Waals surface area contributed by atoms with E-state index in [1.54, 1.807) is 4.90 Å². The molecule has 0 atom stereocenters. The fourth-order valence-corrected chi connectivity index (χ4v) is 2.61. The second-order valence-corrected chi connectivity index (χ2v) is 5.53. The molecule has 0 aliphatic carbocycles. The van der Waals surface area contributed by atoms with Crippen molar-refractivity contribution in [2.45, 2.75) is 39.5 Å². The molecule has 20 heavy (non-hydrogen) atoms. The number of rotatable bonds is 6. The van der Waals surface area contributed by atoms with Gasteiger partial charge in [-0.3, -0.25) is 14.5 Å². The summed E-state index contributed by atoms with van der Waals surface area (Å²) in [6, 6.07) is 0. The number of likely N-dealkylation sites (tertiary alicyclic amines) is 1. The minimum atomic E-state index is 0.0983. The quantitative estimate of drug-likeness (QED) is 0.735. The van der Waals surface area contributed by atoms with Crippen molar-refractivity contribution < 1.29 is 9.59 Å². The lowest BCUT2D eigenvalue weighted by molar-refractivity contribution is -0.134. The number of likely N-dealkylation sites (N-methyl/N-ethyl adjacent to an activating group) is 2. The van der Waals surface area contributed by atoms with Gasteiger partial charge in [0.2, 0.25) is 11.8 Å². The van der Waals surface area contributed by atoms with Crippen LogP contribution in [0.15, 0.2) is 0 Å². The SMILES string of the molecule is CCN(CC)C(=O)CN(C)CC(=O)N1CCCCCC1. The van der Waals surface area contributed by atoms with Crippen LogP contribution in [0.5, 0.6) is 0 Å². The third-order valence-electron chi connectivity index (χ3n) is 3.89. The number of amides is 2. The van der Waals surface area contributed by atoms with Crippen LogP contribution in [-0.4, -0.2) is 72.8 Å². The van der Waals surface area contributed by atoms with Crippen LogP contribution in [0.2, 0.25) is 0 Å². The fraction of sp³-hybridized carbons (Fsp3) is 0.867. The first-order valence-electron chi connectivity index (χ1n) is 7.82. The summed E-state index contributed by atoms with van der Waals surface area (Å²) >= 11 is 0. The molecule has 1 aliphatic rings. The van der Waals surface area contributed by atoms with E-state index in [-0.39, 0.29) is 11.8 Å². The first-order valence-corrected chi connectivity index (χ1v) is 7.82. The molecule has 0 bridgehead atoms. The van der Waals surface area contributed by atoms with Gasteiger partial charge in [-0.25, -0.2) is 0 Å². The number of carbonyl (C=O) groups excluding carboxylic acids is 2. The summed E-state index contributed by atoms with van der Waals surface area (Å²) in [5.41, 5.74) is 0. The Labute approximate surface area is 122 Å². The zero-order valence-electron chi connectivity index (χ0n) is 13.2. The van der Waals surface area contributed by atoms with E-state index in [9.17, 15) is 9.59 Å². The van der Waals surface area contributed by atoms with Crippen LogP contribution in [0, 0.1) is 0 Å². The predicted molar refractivity (Wildman–Crippen MR) is 80.5 cm³/mol. The normalized spacial score (nSPS) is 16.1. The Morgan fingerprint density at radius 1 is 0.950 bits per heavy atom. The summed E-state index contributed by atoms with van der Waals surface area (Å²) < 4.78 is 0. The molecule has 0 radical (unpaired) electrons. The van der Waals surface area contributed by atoms with Gasteiger partial charge in [0, 0.05) is 26.2 Å². The Balaban J connectivity index is 2.38. The molecule has 2 amide bonds. The molecular formula is C15H29N3O2. The lowest BCUT2D eigenvalue weighted by atomic mass is 10.2. The zero-order chi connectivity index (χ0) is 15.0. The minimum Gasteiger partial charge on any atom is -0.342 e. The number of hydrogen-bond acceptors (Lipinski definition) is 3. The van der Waals surface area contributed by atoms with Crippen molar-refractivity contribution in [3.05, 3.63) is 0 Å². The first-order chi connectivity index (χ1) is 9.58. The van der Waals surface area contributed by atoms with Crippen LogP contribution in [0.25, 0.3) is 0 Å². The smallest absolute Gasteiger partial charge is 0.236 e. The Morgan fingerprint density at radius 2 is 1.50 bits per heavy atom. The molecular weight excluding hydrogens is 254 g/mol. The third kappa shape index (κ3) is 5.49. The highest BCUT2D eigenvalue weighted by Gasteiger charge is 2.19. The number of nitrogens with zero attached hydrogens (tertiary/aromatic N) is 3. The van der Waals surface area contributed by atoms with E-state index in [0.29, 0.717) is 13.1 Å². The molecule has 0 spiro atoms. The summed E-state index contributed by atoms with van der Waals surface area (Å²) in [6.45, 7) is 7.81. The summed E-state index contributed by atoms with van der Waals surface area (Å²) in [5.74, 6) is 0.253. The molecule has 1 aliphatic heterocycles.